The highest BCUT2D eigenvalue weighted by atomic mass is 16.3. The third-order valence-electron chi connectivity index (χ3n) is 4.12. The molecule has 0 unspecified atom stereocenters. The first-order valence-corrected chi connectivity index (χ1v) is 6.52. The first kappa shape index (κ1) is 12.3. The monoisotopic (exact) mass is 227 g/mol. The molecule has 0 radical (unpaired) electrons. The fraction of sp³-hybridized carbons (Fsp3) is 1.00. The summed E-state index contributed by atoms with van der Waals surface area (Å²) in [6, 6.07) is 0. The lowest BCUT2D eigenvalue weighted by Gasteiger charge is -2.41. The van der Waals surface area contributed by atoms with Crippen molar-refractivity contribution in [3.8, 4) is 0 Å². The summed E-state index contributed by atoms with van der Waals surface area (Å²) in [4.78, 5) is 2.42. The predicted octanol–water partition coefficient (Wildman–Crippen LogP) is 0.419. The predicted molar refractivity (Wildman–Crippen MR) is 64.8 cm³/mol. The Labute approximate surface area is 98.4 Å². The van der Waals surface area contributed by atoms with Gasteiger partial charge in [-0.05, 0) is 44.7 Å². The summed E-state index contributed by atoms with van der Waals surface area (Å²) < 4.78 is 0. The maximum atomic E-state index is 10.5. The zero-order valence-electron chi connectivity index (χ0n) is 10.4. The SMILES string of the molecule is CC1CCN(CC2(O)CCN(N)CC2)CC1. The Bertz CT molecular complexity index is 218. The van der Waals surface area contributed by atoms with Crippen molar-refractivity contribution in [1.29, 1.82) is 0 Å². The van der Waals surface area contributed by atoms with Gasteiger partial charge in [-0.15, -0.1) is 0 Å². The molecule has 0 aromatic carbocycles. The fourth-order valence-electron chi connectivity index (χ4n) is 2.73. The Morgan fingerprint density at radius 3 is 2.31 bits per heavy atom. The first-order valence-electron chi connectivity index (χ1n) is 6.52. The molecule has 2 heterocycles. The van der Waals surface area contributed by atoms with Crippen molar-refractivity contribution in [2.24, 2.45) is 11.8 Å². The highest BCUT2D eigenvalue weighted by Gasteiger charge is 2.33. The summed E-state index contributed by atoms with van der Waals surface area (Å²) in [7, 11) is 0. The van der Waals surface area contributed by atoms with E-state index < -0.39 is 5.60 Å². The number of likely N-dealkylation sites (tertiary alicyclic amines) is 1. The van der Waals surface area contributed by atoms with Crippen LogP contribution in [0.15, 0.2) is 0 Å². The number of aliphatic hydroxyl groups is 1. The number of hydrogen-bond donors (Lipinski definition) is 2. The van der Waals surface area contributed by atoms with Crippen molar-refractivity contribution < 1.29 is 5.11 Å². The number of β-amino-alcohol motifs (C(OH)–C–C–N with tert-alkyl or cyclic N) is 1. The van der Waals surface area contributed by atoms with Gasteiger partial charge >= 0.3 is 0 Å². The molecule has 94 valence electrons. The molecule has 0 amide bonds. The molecule has 0 aromatic rings. The standard InChI is InChI=1S/C12H25N3O/c1-11-2-6-14(7-3-11)10-12(16)4-8-15(13)9-5-12/h11,16H,2-10,13H2,1H3. The molecular formula is C12H25N3O. The van der Waals surface area contributed by atoms with Crippen LogP contribution in [0.2, 0.25) is 0 Å². The summed E-state index contributed by atoms with van der Waals surface area (Å²) >= 11 is 0. The van der Waals surface area contributed by atoms with Gasteiger partial charge in [0.25, 0.3) is 0 Å². The first-order chi connectivity index (χ1) is 7.57. The third kappa shape index (κ3) is 3.17. The van der Waals surface area contributed by atoms with E-state index in [0.29, 0.717) is 0 Å². The van der Waals surface area contributed by atoms with E-state index in [-0.39, 0.29) is 0 Å². The van der Waals surface area contributed by atoms with Crippen molar-refractivity contribution in [3.05, 3.63) is 0 Å². The maximum absolute atomic E-state index is 10.5. The van der Waals surface area contributed by atoms with Crippen LogP contribution in [0.3, 0.4) is 0 Å². The third-order valence-corrected chi connectivity index (χ3v) is 4.12. The molecule has 2 saturated heterocycles. The van der Waals surface area contributed by atoms with Crippen LogP contribution in [0.25, 0.3) is 0 Å². The quantitative estimate of drug-likeness (QED) is 0.671. The summed E-state index contributed by atoms with van der Waals surface area (Å²) in [5.74, 6) is 6.57. The van der Waals surface area contributed by atoms with Crippen LogP contribution < -0.4 is 5.84 Å². The van der Waals surface area contributed by atoms with Gasteiger partial charge < -0.3 is 10.0 Å². The van der Waals surface area contributed by atoms with Gasteiger partial charge in [-0.3, -0.25) is 5.84 Å². The van der Waals surface area contributed by atoms with Gasteiger partial charge in [-0.25, -0.2) is 5.01 Å². The maximum Gasteiger partial charge on any atom is 0.0799 e. The molecule has 0 aliphatic carbocycles. The normalized spacial score (nSPS) is 29.4. The van der Waals surface area contributed by atoms with Crippen LogP contribution in [0.4, 0.5) is 0 Å². The minimum atomic E-state index is -0.490. The number of piperidine rings is 2. The van der Waals surface area contributed by atoms with E-state index in [0.717, 1.165) is 51.5 Å². The Morgan fingerprint density at radius 2 is 1.75 bits per heavy atom. The lowest BCUT2D eigenvalue weighted by molar-refractivity contribution is -0.0502. The minimum Gasteiger partial charge on any atom is -0.388 e. The Hall–Kier alpha value is -0.160. The van der Waals surface area contributed by atoms with E-state index in [9.17, 15) is 5.11 Å². The minimum absolute atomic E-state index is 0.490. The Morgan fingerprint density at radius 1 is 1.19 bits per heavy atom. The van der Waals surface area contributed by atoms with E-state index >= 15 is 0 Å². The van der Waals surface area contributed by atoms with Crippen molar-refractivity contribution in [2.45, 2.75) is 38.2 Å². The second kappa shape index (κ2) is 5.00. The van der Waals surface area contributed by atoms with Crippen molar-refractivity contribution in [2.75, 3.05) is 32.7 Å². The zero-order chi connectivity index (χ0) is 11.6. The van der Waals surface area contributed by atoms with Gasteiger partial charge in [-0.1, -0.05) is 6.92 Å². The summed E-state index contributed by atoms with van der Waals surface area (Å²) in [5, 5.41) is 12.3. The van der Waals surface area contributed by atoms with Gasteiger partial charge in [0, 0.05) is 19.6 Å². The average molecular weight is 227 g/mol. The molecule has 4 heteroatoms. The molecule has 2 aliphatic rings. The number of hydrogen-bond acceptors (Lipinski definition) is 4. The van der Waals surface area contributed by atoms with Crippen molar-refractivity contribution in [3.63, 3.8) is 0 Å². The van der Waals surface area contributed by atoms with Crippen molar-refractivity contribution >= 4 is 0 Å². The second-order valence-corrected chi connectivity index (χ2v) is 5.72. The molecule has 0 saturated carbocycles. The smallest absolute Gasteiger partial charge is 0.0799 e. The molecule has 0 spiro atoms. The second-order valence-electron chi connectivity index (χ2n) is 5.72. The van der Waals surface area contributed by atoms with Crippen LogP contribution in [0.5, 0.6) is 0 Å². The lowest BCUT2D eigenvalue weighted by Crippen LogP contribution is -2.53. The zero-order valence-corrected chi connectivity index (χ0v) is 10.4. The topological polar surface area (TPSA) is 52.7 Å². The summed E-state index contributed by atoms with van der Waals surface area (Å²) in [5.41, 5.74) is -0.490. The highest BCUT2D eigenvalue weighted by Crippen LogP contribution is 2.24. The van der Waals surface area contributed by atoms with Crippen LogP contribution in [-0.4, -0.2) is 53.3 Å². The molecule has 2 aliphatic heterocycles. The molecule has 3 N–H and O–H groups in total. The molecule has 2 fully saturated rings. The van der Waals surface area contributed by atoms with Gasteiger partial charge in [0.15, 0.2) is 0 Å². The van der Waals surface area contributed by atoms with E-state index in [1.165, 1.54) is 12.8 Å². The van der Waals surface area contributed by atoms with Gasteiger partial charge in [0.2, 0.25) is 0 Å². The number of nitrogens with zero attached hydrogens (tertiary/aromatic N) is 2. The van der Waals surface area contributed by atoms with E-state index in [2.05, 4.69) is 11.8 Å². The Kier molecular flexibility index (Phi) is 3.85. The van der Waals surface area contributed by atoms with Crippen molar-refractivity contribution in [1.82, 2.24) is 9.91 Å². The van der Waals surface area contributed by atoms with Gasteiger partial charge in [0.1, 0.15) is 0 Å². The molecule has 2 rings (SSSR count). The van der Waals surface area contributed by atoms with Crippen LogP contribution in [-0.2, 0) is 0 Å². The molecular weight excluding hydrogens is 202 g/mol. The fourth-order valence-corrected chi connectivity index (χ4v) is 2.73. The largest absolute Gasteiger partial charge is 0.388 e. The van der Waals surface area contributed by atoms with Gasteiger partial charge in [0.05, 0.1) is 5.60 Å². The van der Waals surface area contributed by atoms with Crippen LogP contribution in [0.1, 0.15) is 32.6 Å². The number of nitrogens with two attached hydrogens (primary N) is 1. The summed E-state index contributed by atoms with van der Waals surface area (Å²) in [6.45, 7) is 7.10. The highest BCUT2D eigenvalue weighted by molar-refractivity contribution is 4.88. The molecule has 0 aromatic heterocycles. The van der Waals surface area contributed by atoms with Crippen LogP contribution in [0, 0.1) is 5.92 Å². The summed E-state index contributed by atoms with van der Waals surface area (Å²) in [6.07, 6.45) is 4.18. The lowest BCUT2D eigenvalue weighted by atomic mass is 9.90. The van der Waals surface area contributed by atoms with E-state index in [4.69, 9.17) is 5.84 Å². The number of rotatable bonds is 2. The van der Waals surface area contributed by atoms with Crippen LogP contribution >= 0.6 is 0 Å². The molecule has 0 bridgehead atoms. The molecule has 0 atom stereocenters. The van der Waals surface area contributed by atoms with E-state index in [1.807, 2.05) is 5.01 Å². The van der Waals surface area contributed by atoms with Gasteiger partial charge in [-0.2, -0.15) is 0 Å². The average Bonchev–Trinajstić information content (AvgIpc) is 2.27. The van der Waals surface area contributed by atoms with E-state index in [1.54, 1.807) is 0 Å². The Balaban J connectivity index is 1.80. The molecule has 4 nitrogen and oxygen atoms in total. The number of hydrazine groups is 1. The molecule has 16 heavy (non-hydrogen) atoms.